The summed E-state index contributed by atoms with van der Waals surface area (Å²) in [5.74, 6) is 1.94. The van der Waals surface area contributed by atoms with E-state index < -0.39 is 0 Å². The highest BCUT2D eigenvalue weighted by molar-refractivity contribution is 5.53. The fourth-order valence-corrected chi connectivity index (χ4v) is 1.30. The highest BCUT2D eigenvalue weighted by Gasteiger charge is 2.05. The summed E-state index contributed by atoms with van der Waals surface area (Å²) in [5.41, 5.74) is 6.29. The van der Waals surface area contributed by atoms with Gasteiger partial charge in [-0.1, -0.05) is 0 Å². The number of benzene rings is 1. The number of hydrogen-bond donors (Lipinski definition) is 1. The lowest BCUT2D eigenvalue weighted by molar-refractivity contribution is 0.379. The molecule has 0 radical (unpaired) electrons. The van der Waals surface area contributed by atoms with Gasteiger partial charge in [-0.2, -0.15) is 0 Å². The minimum absolute atomic E-state index is 0.608. The van der Waals surface area contributed by atoms with E-state index in [1.165, 1.54) is 0 Å². The molecule has 0 aliphatic heterocycles. The molecule has 16 heavy (non-hydrogen) atoms. The maximum Gasteiger partial charge on any atom is 0.169 e. The van der Waals surface area contributed by atoms with Crippen molar-refractivity contribution in [3.63, 3.8) is 0 Å². The number of rotatable bonds is 3. The SMILES string of the molecule is COc1cc(N)ccc1Oc1ccncc1. The lowest BCUT2D eigenvalue weighted by Crippen LogP contribution is -1.92. The van der Waals surface area contributed by atoms with Crippen LogP contribution in [-0.4, -0.2) is 12.1 Å². The molecule has 0 atom stereocenters. The number of ether oxygens (including phenoxy) is 2. The van der Waals surface area contributed by atoms with E-state index in [1.54, 1.807) is 49.8 Å². The van der Waals surface area contributed by atoms with Crippen LogP contribution in [0.2, 0.25) is 0 Å². The molecule has 1 aromatic carbocycles. The molecule has 0 amide bonds. The first kappa shape index (κ1) is 10.3. The van der Waals surface area contributed by atoms with Gasteiger partial charge in [0.2, 0.25) is 0 Å². The number of anilines is 1. The zero-order valence-electron chi connectivity index (χ0n) is 8.88. The maximum absolute atomic E-state index is 5.65. The topological polar surface area (TPSA) is 57.4 Å². The van der Waals surface area contributed by atoms with Crippen molar-refractivity contribution in [3.05, 3.63) is 42.7 Å². The summed E-state index contributed by atoms with van der Waals surface area (Å²) in [4.78, 5) is 3.91. The van der Waals surface area contributed by atoms with Crippen molar-refractivity contribution >= 4 is 5.69 Å². The average Bonchev–Trinajstić information content (AvgIpc) is 2.33. The van der Waals surface area contributed by atoms with E-state index in [9.17, 15) is 0 Å². The van der Waals surface area contributed by atoms with Gasteiger partial charge in [0.05, 0.1) is 7.11 Å². The van der Waals surface area contributed by atoms with Gasteiger partial charge in [-0.25, -0.2) is 0 Å². The molecule has 0 spiro atoms. The van der Waals surface area contributed by atoms with Gasteiger partial charge < -0.3 is 15.2 Å². The molecule has 2 aromatic rings. The first-order valence-corrected chi connectivity index (χ1v) is 4.81. The van der Waals surface area contributed by atoms with Gasteiger partial charge in [0.15, 0.2) is 11.5 Å². The quantitative estimate of drug-likeness (QED) is 0.801. The Morgan fingerprint density at radius 2 is 1.81 bits per heavy atom. The number of nitrogens with two attached hydrogens (primary N) is 1. The molecule has 0 saturated carbocycles. The van der Waals surface area contributed by atoms with Gasteiger partial charge in [-0.05, 0) is 24.3 Å². The molecule has 4 heteroatoms. The summed E-state index contributed by atoms with van der Waals surface area (Å²) in [5, 5.41) is 0. The first-order chi connectivity index (χ1) is 7.79. The Balaban J connectivity index is 2.28. The van der Waals surface area contributed by atoms with Crippen molar-refractivity contribution in [3.8, 4) is 17.2 Å². The van der Waals surface area contributed by atoms with Crippen LogP contribution in [0.3, 0.4) is 0 Å². The van der Waals surface area contributed by atoms with Crippen LogP contribution in [0.5, 0.6) is 17.2 Å². The first-order valence-electron chi connectivity index (χ1n) is 4.81. The maximum atomic E-state index is 5.65. The van der Waals surface area contributed by atoms with E-state index in [-0.39, 0.29) is 0 Å². The van der Waals surface area contributed by atoms with Gasteiger partial charge >= 0.3 is 0 Å². The molecule has 2 N–H and O–H groups in total. The molecule has 82 valence electrons. The number of pyridine rings is 1. The Labute approximate surface area is 93.6 Å². The van der Waals surface area contributed by atoms with E-state index in [1.807, 2.05) is 0 Å². The molecule has 0 fully saturated rings. The van der Waals surface area contributed by atoms with Gasteiger partial charge in [-0.3, -0.25) is 4.98 Å². The number of methoxy groups -OCH3 is 1. The highest BCUT2D eigenvalue weighted by atomic mass is 16.5. The Bertz CT molecular complexity index is 472. The fraction of sp³-hybridized carbons (Fsp3) is 0.0833. The summed E-state index contributed by atoms with van der Waals surface area (Å²) in [6, 6.07) is 8.80. The third kappa shape index (κ3) is 2.23. The van der Waals surface area contributed by atoms with E-state index in [0.29, 0.717) is 22.9 Å². The second kappa shape index (κ2) is 4.53. The Morgan fingerprint density at radius 1 is 1.06 bits per heavy atom. The van der Waals surface area contributed by atoms with Gasteiger partial charge in [0, 0.05) is 24.1 Å². The lowest BCUT2D eigenvalue weighted by atomic mass is 10.3. The van der Waals surface area contributed by atoms with Crippen molar-refractivity contribution in [2.45, 2.75) is 0 Å². The van der Waals surface area contributed by atoms with Crippen LogP contribution in [0, 0.1) is 0 Å². The van der Waals surface area contributed by atoms with Crippen molar-refractivity contribution < 1.29 is 9.47 Å². The van der Waals surface area contributed by atoms with E-state index >= 15 is 0 Å². The van der Waals surface area contributed by atoms with Crippen molar-refractivity contribution in [2.75, 3.05) is 12.8 Å². The normalized spacial score (nSPS) is 9.81. The molecule has 0 bridgehead atoms. The molecule has 2 rings (SSSR count). The molecule has 0 aliphatic carbocycles. The third-order valence-corrected chi connectivity index (χ3v) is 2.07. The number of nitrogens with zero attached hydrogens (tertiary/aromatic N) is 1. The van der Waals surface area contributed by atoms with Crippen molar-refractivity contribution in [1.82, 2.24) is 4.98 Å². The lowest BCUT2D eigenvalue weighted by Gasteiger charge is -2.10. The van der Waals surface area contributed by atoms with Gasteiger partial charge in [-0.15, -0.1) is 0 Å². The largest absolute Gasteiger partial charge is 0.493 e. The monoisotopic (exact) mass is 216 g/mol. The average molecular weight is 216 g/mol. The minimum Gasteiger partial charge on any atom is -0.493 e. The second-order valence-corrected chi connectivity index (χ2v) is 3.20. The summed E-state index contributed by atoms with van der Waals surface area (Å²) in [6.45, 7) is 0. The van der Waals surface area contributed by atoms with Crippen LogP contribution in [0.1, 0.15) is 0 Å². The van der Waals surface area contributed by atoms with Crippen LogP contribution in [-0.2, 0) is 0 Å². The van der Waals surface area contributed by atoms with Crippen molar-refractivity contribution in [1.29, 1.82) is 0 Å². The van der Waals surface area contributed by atoms with E-state index in [4.69, 9.17) is 15.2 Å². The molecule has 4 nitrogen and oxygen atoms in total. The third-order valence-electron chi connectivity index (χ3n) is 2.07. The zero-order valence-corrected chi connectivity index (χ0v) is 8.88. The van der Waals surface area contributed by atoms with E-state index in [2.05, 4.69) is 4.98 Å². The molecular formula is C12H12N2O2. The zero-order chi connectivity index (χ0) is 11.4. The van der Waals surface area contributed by atoms with Gasteiger partial charge in [0.1, 0.15) is 5.75 Å². The summed E-state index contributed by atoms with van der Waals surface area (Å²) >= 11 is 0. The Hall–Kier alpha value is -2.23. The predicted molar refractivity (Wildman–Crippen MR) is 61.7 cm³/mol. The Kier molecular flexibility index (Phi) is 2.91. The molecule has 0 saturated heterocycles. The summed E-state index contributed by atoms with van der Waals surface area (Å²) < 4.78 is 10.8. The molecule has 0 unspecified atom stereocenters. The second-order valence-electron chi connectivity index (χ2n) is 3.20. The standard InChI is InChI=1S/C12H12N2O2/c1-15-12-8-9(13)2-3-11(12)16-10-4-6-14-7-5-10/h2-8H,13H2,1H3. The van der Waals surface area contributed by atoms with Crippen LogP contribution < -0.4 is 15.2 Å². The molecule has 1 heterocycles. The molecule has 0 aliphatic rings. The highest BCUT2D eigenvalue weighted by Crippen LogP contribution is 2.32. The van der Waals surface area contributed by atoms with Crippen LogP contribution in [0.4, 0.5) is 5.69 Å². The summed E-state index contributed by atoms with van der Waals surface area (Å²) in [6.07, 6.45) is 3.33. The van der Waals surface area contributed by atoms with Crippen LogP contribution in [0.25, 0.3) is 0 Å². The van der Waals surface area contributed by atoms with Crippen molar-refractivity contribution in [2.24, 2.45) is 0 Å². The number of nitrogen functional groups attached to an aromatic ring is 1. The Morgan fingerprint density at radius 3 is 2.50 bits per heavy atom. The van der Waals surface area contributed by atoms with Crippen LogP contribution >= 0.6 is 0 Å². The number of hydrogen-bond acceptors (Lipinski definition) is 4. The predicted octanol–water partition coefficient (Wildman–Crippen LogP) is 2.46. The smallest absolute Gasteiger partial charge is 0.169 e. The molecular weight excluding hydrogens is 204 g/mol. The molecule has 1 aromatic heterocycles. The minimum atomic E-state index is 0.608. The van der Waals surface area contributed by atoms with Gasteiger partial charge in [0.25, 0.3) is 0 Å². The summed E-state index contributed by atoms with van der Waals surface area (Å²) in [7, 11) is 1.58. The van der Waals surface area contributed by atoms with E-state index in [0.717, 1.165) is 0 Å². The van der Waals surface area contributed by atoms with Crippen LogP contribution in [0.15, 0.2) is 42.7 Å². The number of aromatic nitrogens is 1. The fourth-order valence-electron chi connectivity index (χ4n) is 1.30.